The molecule has 122 valence electrons. The fraction of sp³-hybridized carbons (Fsp3) is 0.579. The lowest BCUT2D eigenvalue weighted by molar-refractivity contribution is 0.459. The van der Waals surface area contributed by atoms with E-state index >= 15 is 0 Å². The summed E-state index contributed by atoms with van der Waals surface area (Å²) >= 11 is 0. The monoisotopic (exact) mass is 313 g/mol. The molecule has 0 spiro atoms. The number of benzene rings is 1. The number of hydrogen-bond acceptors (Lipinski definition) is 2. The molecule has 2 fully saturated rings. The normalized spacial score (nSPS) is 21.9. The molecule has 3 nitrogen and oxygen atoms in total. The Morgan fingerprint density at radius 1 is 1.09 bits per heavy atom. The summed E-state index contributed by atoms with van der Waals surface area (Å²) < 4.78 is 15.7. The van der Waals surface area contributed by atoms with Gasteiger partial charge in [0, 0.05) is 11.5 Å². The third-order valence-electron chi connectivity index (χ3n) is 5.84. The zero-order valence-corrected chi connectivity index (χ0v) is 14.1. The van der Waals surface area contributed by atoms with Gasteiger partial charge in [0.1, 0.15) is 17.5 Å². The fourth-order valence-electron chi connectivity index (χ4n) is 3.58. The third kappa shape index (κ3) is 2.22. The van der Waals surface area contributed by atoms with E-state index in [0.29, 0.717) is 6.04 Å². The molecule has 2 aliphatic carbocycles. The molecule has 1 atom stereocenters. The SMILES string of the molecule is CCC(C)n1c(C2(C)CC2)nnc1C1(c2ccc(F)cc2)CC1. The molecule has 2 saturated carbocycles. The van der Waals surface area contributed by atoms with Gasteiger partial charge in [-0.1, -0.05) is 26.0 Å². The summed E-state index contributed by atoms with van der Waals surface area (Å²) in [5.74, 6) is 2.05. The van der Waals surface area contributed by atoms with Crippen LogP contribution in [0, 0.1) is 5.82 Å². The smallest absolute Gasteiger partial charge is 0.143 e. The van der Waals surface area contributed by atoms with Crippen LogP contribution < -0.4 is 0 Å². The zero-order chi connectivity index (χ0) is 16.2. The quantitative estimate of drug-likeness (QED) is 0.812. The lowest BCUT2D eigenvalue weighted by Crippen LogP contribution is -2.22. The molecule has 0 amide bonds. The van der Waals surface area contributed by atoms with Crippen LogP contribution in [0.25, 0.3) is 0 Å². The van der Waals surface area contributed by atoms with Gasteiger partial charge in [0.15, 0.2) is 0 Å². The highest BCUT2D eigenvalue weighted by molar-refractivity contribution is 5.40. The minimum Gasteiger partial charge on any atom is -0.311 e. The first-order valence-corrected chi connectivity index (χ1v) is 8.72. The molecule has 1 unspecified atom stereocenters. The van der Waals surface area contributed by atoms with Gasteiger partial charge in [0.25, 0.3) is 0 Å². The van der Waals surface area contributed by atoms with Crippen molar-refractivity contribution in [3.05, 3.63) is 47.3 Å². The highest BCUT2D eigenvalue weighted by atomic mass is 19.1. The average Bonchev–Trinajstić information content (AvgIpc) is 3.46. The Balaban J connectivity index is 1.82. The molecule has 1 aromatic heterocycles. The molecule has 0 radical (unpaired) electrons. The first kappa shape index (κ1) is 14.9. The predicted molar refractivity (Wildman–Crippen MR) is 88.0 cm³/mol. The topological polar surface area (TPSA) is 30.7 Å². The highest BCUT2D eigenvalue weighted by Gasteiger charge is 2.53. The van der Waals surface area contributed by atoms with Crippen LogP contribution in [-0.2, 0) is 10.8 Å². The summed E-state index contributed by atoms with van der Waals surface area (Å²) in [4.78, 5) is 0. The van der Waals surface area contributed by atoms with Crippen LogP contribution in [0.3, 0.4) is 0 Å². The van der Waals surface area contributed by atoms with Crippen LogP contribution >= 0.6 is 0 Å². The molecule has 2 aromatic rings. The molecule has 23 heavy (non-hydrogen) atoms. The van der Waals surface area contributed by atoms with Crippen molar-refractivity contribution in [1.29, 1.82) is 0 Å². The standard InChI is InChI=1S/C19H24FN3/c1-4-13(2)23-16(18(3)9-10-18)21-22-17(23)19(11-12-19)14-5-7-15(20)8-6-14/h5-8,13H,4,9-12H2,1-3H3. The highest BCUT2D eigenvalue weighted by Crippen LogP contribution is 2.55. The van der Waals surface area contributed by atoms with Gasteiger partial charge in [0.2, 0.25) is 0 Å². The van der Waals surface area contributed by atoms with Crippen molar-refractivity contribution >= 4 is 0 Å². The van der Waals surface area contributed by atoms with Crippen LogP contribution in [0.1, 0.15) is 76.1 Å². The molecular formula is C19H24FN3. The van der Waals surface area contributed by atoms with Gasteiger partial charge in [-0.05, 0) is 56.7 Å². The largest absolute Gasteiger partial charge is 0.311 e. The van der Waals surface area contributed by atoms with Crippen molar-refractivity contribution in [2.75, 3.05) is 0 Å². The molecule has 4 heteroatoms. The maximum Gasteiger partial charge on any atom is 0.143 e. The molecule has 1 aromatic carbocycles. The van der Waals surface area contributed by atoms with E-state index in [2.05, 4.69) is 35.5 Å². The number of halogens is 1. The van der Waals surface area contributed by atoms with E-state index < -0.39 is 0 Å². The molecule has 0 bridgehead atoms. The summed E-state index contributed by atoms with van der Waals surface area (Å²) in [5.41, 5.74) is 1.31. The molecule has 0 aliphatic heterocycles. The van der Waals surface area contributed by atoms with E-state index in [4.69, 9.17) is 0 Å². The van der Waals surface area contributed by atoms with Crippen molar-refractivity contribution in [2.24, 2.45) is 0 Å². The summed E-state index contributed by atoms with van der Waals surface area (Å²) in [7, 11) is 0. The van der Waals surface area contributed by atoms with Crippen molar-refractivity contribution < 1.29 is 4.39 Å². The van der Waals surface area contributed by atoms with Gasteiger partial charge in [-0.2, -0.15) is 0 Å². The summed E-state index contributed by atoms with van der Waals surface area (Å²) in [6.45, 7) is 6.75. The van der Waals surface area contributed by atoms with Crippen LogP contribution in [-0.4, -0.2) is 14.8 Å². The van der Waals surface area contributed by atoms with E-state index in [1.54, 1.807) is 12.1 Å². The lowest BCUT2D eigenvalue weighted by atomic mass is 9.94. The Kier molecular flexibility index (Phi) is 3.16. The molecule has 1 heterocycles. The van der Waals surface area contributed by atoms with Crippen molar-refractivity contribution in [2.45, 2.75) is 69.7 Å². The predicted octanol–water partition coefficient (Wildman–Crippen LogP) is 4.52. The molecular weight excluding hydrogens is 289 g/mol. The minimum absolute atomic E-state index is 0.0619. The lowest BCUT2D eigenvalue weighted by Gasteiger charge is -2.23. The maximum atomic E-state index is 13.3. The summed E-state index contributed by atoms with van der Waals surface area (Å²) in [6, 6.07) is 7.34. The van der Waals surface area contributed by atoms with Gasteiger partial charge in [-0.15, -0.1) is 10.2 Å². The van der Waals surface area contributed by atoms with Crippen LogP contribution in [0.15, 0.2) is 24.3 Å². The number of aromatic nitrogens is 3. The first-order valence-electron chi connectivity index (χ1n) is 8.72. The van der Waals surface area contributed by atoms with Crippen LogP contribution in [0.5, 0.6) is 0 Å². The van der Waals surface area contributed by atoms with Crippen molar-refractivity contribution in [3.63, 3.8) is 0 Å². The van der Waals surface area contributed by atoms with Gasteiger partial charge < -0.3 is 4.57 Å². The third-order valence-corrected chi connectivity index (χ3v) is 5.84. The minimum atomic E-state index is -0.181. The number of nitrogens with zero attached hydrogens (tertiary/aromatic N) is 3. The Morgan fingerprint density at radius 3 is 2.22 bits per heavy atom. The average molecular weight is 313 g/mol. The van der Waals surface area contributed by atoms with Gasteiger partial charge in [-0.3, -0.25) is 0 Å². The second-order valence-corrected chi connectivity index (χ2v) is 7.62. The van der Waals surface area contributed by atoms with Crippen molar-refractivity contribution in [1.82, 2.24) is 14.8 Å². The Hall–Kier alpha value is -1.71. The van der Waals surface area contributed by atoms with Gasteiger partial charge >= 0.3 is 0 Å². The Labute approximate surface area is 136 Å². The maximum absolute atomic E-state index is 13.3. The van der Waals surface area contributed by atoms with Crippen LogP contribution in [0.2, 0.25) is 0 Å². The van der Waals surface area contributed by atoms with E-state index in [9.17, 15) is 4.39 Å². The molecule has 4 rings (SSSR count). The van der Waals surface area contributed by atoms with Gasteiger partial charge in [0.05, 0.1) is 5.41 Å². The Bertz CT molecular complexity index is 724. The fourth-order valence-corrected chi connectivity index (χ4v) is 3.58. The van der Waals surface area contributed by atoms with E-state index in [1.807, 2.05) is 12.1 Å². The number of rotatable bonds is 5. The van der Waals surface area contributed by atoms with E-state index in [0.717, 1.165) is 30.9 Å². The second-order valence-electron chi connectivity index (χ2n) is 7.62. The van der Waals surface area contributed by atoms with E-state index in [-0.39, 0.29) is 16.6 Å². The molecule has 0 N–H and O–H groups in total. The first-order chi connectivity index (χ1) is 11.0. The second kappa shape index (κ2) is 4.89. The van der Waals surface area contributed by atoms with Gasteiger partial charge in [-0.25, -0.2) is 4.39 Å². The number of hydrogen-bond donors (Lipinski definition) is 0. The molecule has 2 aliphatic rings. The van der Waals surface area contributed by atoms with Crippen LogP contribution in [0.4, 0.5) is 4.39 Å². The van der Waals surface area contributed by atoms with E-state index in [1.165, 1.54) is 18.4 Å². The molecule has 0 saturated heterocycles. The summed E-state index contributed by atoms with van der Waals surface area (Å²) in [5, 5.41) is 9.25. The Morgan fingerprint density at radius 2 is 1.70 bits per heavy atom. The zero-order valence-electron chi connectivity index (χ0n) is 14.1. The summed E-state index contributed by atoms with van der Waals surface area (Å²) in [6.07, 6.45) is 5.61. The van der Waals surface area contributed by atoms with Crippen molar-refractivity contribution in [3.8, 4) is 0 Å².